The van der Waals surface area contributed by atoms with Crippen molar-refractivity contribution < 1.29 is 14.2 Å². The number of nitrogens with two attached hydrogens (primary N) is 1. The topological polar surface area (TPSA) is 53.7 Å². The Bertz CT molecular complexity index is 304. The van der Waals surface area contributed by atoms with Gasteiger partial charge in [0, 0.05) is 25.8 Å². The van der Waals surface area contributed by atoms with Crippen LogP contribution in [0.4, 0.5) is 0 Å². The summed E-state index contributed by atoms with van der Waals surface area (Å²) < 4.78 is 15.6. The standard InChI is InChI=1S/C12H19NO3/c1-14-7-6-10(13)9-16-12-5-3-4-11(8-12)15-2/h3-5,8,10H,6-7,9,13H2,1-2H3. The van der Waals surface area contributed by atoms with Gasteiger partial charge in [0.05, 0.1) is 7.11 Å². The van der Waals surface area contributed by atoms with Crippen molar-refractivity contribution >= 4 is 0 Å². The van der Waals surface area contributed by atoms with Gasteiger partial charge in [-0.2, -0.15) is 0 Å². The molecule has 0 saturated carbocycles. The van der Waals surface area contributed by atoms with Crippen LogP contribution in [-0.2, 0) is 4.74 Å². The predicted octanol–water partition coefficient (Wildman–Crippen LogP) is 1.44. The van der Waals surface area contributed by atoms with Gasteiger partial charge in [-0.05, 0) is 18.6 Å². The molecule has 1 atom stereocenters. The Morgan fingerprint density at radius 1 is 1.25 bits per heavy atom. The van der Waals surface area contributed by atoms with Crippen molar-refractivity contribution in [2.45, 2.75) is 12.5 Å². The van der Waals surface area contributed by atoms with Gasteiger partial charge in [0.2, 0.25) is 0 Å². The van der Waals surface area contributed by atoms with Crippen LogP contribution in [0, 0.1) is 0 Å². The first-order valence-corrected chi connectivity index (χ1v) is 5.27. The normalized spacial score (nSPS) is 12.2. The highest BCUT2D eigenvalue weighted by Crippen LogP contribution is 2.18. The van der Waals surface area contributed by atoms with E-state index in [0.717, 1.165) is 17.9 Å². The Kier molecular flexibility index (Phi) is 5.67. The molecule has 0 aliphatic rings. The Morgan fingerprint density at radius 2 is 2.00 bits per heavy atom. The summed E-state index contributed by atoms with van der Waals surface area (Å²) in [7, 11) is 3.29. The minimum atomic E-state index is -0.00819. The first-order valence-electron chi connectivity index (χ1n) is 5.27. The molecular weight excluding hydrogens is 206 g/mol. The summed E-state index contributed by atoms with van der Waals surface area (Å²) >= 11 is 0. The van der Waals surface area contributed by atoms with Crippen LogP contribution < -0.4 is 15.2 Å². The van der Waals surface area contributed by atoms with Gasteiger partial charge in [-0.1, -0.05) is 6.07 Å². The summed E-state index contributed by atoms with van der Waals surface area (Å²) in [6.07, 6.45) is 0.792. The molecule has 0 aromatic heterocycles. The Hall–Kier alpha value is -1.26. The molecule has 16 heavy (non-hydrogen) atoms. The number of methoxy groups -OCH3 is 2. The molecule has 1 aromatic carbocycles. The van der Waals surface area contributed by atoms with Gasteiger partial charge in [0.1, 0.15) is 18.1 Å². The van der Waals surface area contributed by atoms with Gasteiger partial charge in [-0.15, -0.1) is 0 Å². The maximum Gasteiger partial charge on any atom is 0.123 e. The fourth-order valence-corrected chi connectivity index (χ4v) is 1.25. The second-order valence-electron chi connectivity index (χ2n) is 3.53. The first-order chi connectivity index (χ1) is 7.76. The lowest BCUT2D eigenvalue weighted by Crippen LogP contribution is -2.29. The Labute approximate surface area is 96.3 Å². The third-order valence-corrected chi connectivity index (χ3v) is 2.20. The second-order valence-corrected chi connectivity index (χ2v) is 3.53. The van der Waals surface area contributed by atoms with Crippen molar-refractivity contribution in [2.75, 3.05) is 27.4 Å². The van der Waals surface area contributed by atoms with Gasteiger partial charge >= 0.3 is 0 Å². The average molecular weight is 225 g/mol. The van der Waals surface area contributed by atoms with E-state index in [-0.39, 0.29) is 6.04 Å². The quantitative estimate of drug-likeness (QED) is 0.763. The second kappa shape index (κ2) is 7.09. The molecule has 4 nitrogen and oxygen atoms in total. The van der Waals surface area contributed by atoms with Crippen LogP contribution in [0.15, 0.2) is 24.3 Å². The first kappa shape index (κ1) is 12.8. The van der Waals surface area contributed by atoms with E-state index >= 15 is 0 Å². The molecular formula is C12H19NO3. The van der Waals surface area contributed by atoms with Crippen LogP contribution in [0.2, 0.25) is 0 Å². The van der Waals surface area contributed by atoms with Crippen molar-refractivity contribution in [3.63, 3.8) is 0 Å². The lowest BCUT2D eigenvalue weighted by Gasteiger charge is -2.13. The van der Waals surface area contributed by atoms with Crippen LogP contribution in [-0.4, -0.2) is 33.5 Å². The van der Waals surface area contributed by atoms with E-state index in [1.807, 2.05) is 24.3 Å². The predicted molar refractivity (Wildman–Crippen MR) is 63.0 cm³/mol. The molecule has 0 radical (unpaired) electrons. The molecule has 1 rings (SSSR count). The number of hydrogen-bond acceptors (Lipinski definition) is 4. The monoisotopic (exact) mass is 225 g/mol. The molecule has 0 fully saturated rings. The van der Waals surface area contributed by atoms with Crippen molar-refractivity contribution in [1.29, 1.82) is 0 Å². The number of hydrogen-bond donors (Lipinski definition) is 1. The van der Waals surface area contributed by atoms with Crippen LogP contribution in [0.5, 0.6) is 11.5 Å². The molecule has 0 amide bonds. The van der Waals surface area contributed by atoms with Crippen molar-refractivity contribution in [3.05, 3.63) is 24.3 Å². The van der Waals surface area contributed by atoms with E-state index < -0.39 is 0 Å². The van der Waals surface area contributed by atoms with E-state index in [0.29, 0.717) is 13.2 Å². The molecule has 1 unspecified atom stereocenters. The molecule has 90 valence electrons. The minimum Gasteiger partial charge on any atom is -0.497 e. The third kappa shape index (κ3) is 4.51. The zero-order chi connectivity index (χ0) is 11.8. The summed E-state index contributed by atoms with van der Waals surface area (Å²) in [6, 6.07) is 7.47. The lowest BCUT2D eigenvalue weighted by atomic mass is 10.2. The molecule has 0 aliphatic heterocycles. The SMILES string of the molecule is COCCC(N)COc1cccc(OC)c1. The highest BCUT2D eigenvalue weighted by molar-refractivity contribution is 5.32. The number of rotatable bonds is 7. The Morgan fingerprint density at radius 3 is 2.69 bits per heavy atom. The molecule has 4 heteroatoms. The van der Waals surface area contributed by atoms with Gasteiger partial charge < -0.3 is 19.9 Å². The van der Waals surface area contributed by atoms with Crippen molar-refractivity contribution in [2.24, 2.45) is 5.73 Å². The van der Waals surface area contributed by atoms with Gasteiger partial charge in [-0.3, -0.25) is 0 Å². The van der Waals surface area contributed by atoms with E-state index in [1.165, 1.54) is 0 Å². The van der Waals surface area contributed by atoms with Gasteiger partial charge in [0.25, 0.3) is 0 Å². The summed E-state index contributed by atoms with van der Waals surface area (Å²) in [5, 5.41) is 0. The molecule has 1 aromatic rings. The van der Waals surface area contributed by atoms with Crippen molar-refractivity contribution in [1.82, 2.24) is 0 Å². The number of ether oxygens (including phenoxy) is 3. The fourth-order valence-electron chi connectivity index (χ4n) is 1.25. The van der Waals surface area contributed by atoms with E-state index in [1.54, 1.807) is 14.2 Å². The fraction of sp³-hybridized carbons (Fsp3) is 0.500. The summed E-state index contributed by atoms with van der Waals surface area (Å²) in [5.74, 6) is 1.55. The van der Waals surface area contributed by atoms with Crippen molar-refractivity contribution in [3.8, 4) is 11.5 Å². The number of benzene rings is 1. The summed E-state index contributed by atoms with van der Waals surface area (Å²) in [6.45, 7) is 1.14. The van der Waals surface area contributed by atoms with Gasteiger partial charge in [-0.25, -0.2) is 0 Å². The zero-order valence-electron chi connectivity index (χ0n) is 9.81. The summed E-state index contributed by atoms with van der Waals surface area (Å²) in [5.41, 5.74) is 5.84. The molecule has 0 bridgehead atoms. The molecule has 0 saturated heterocycles. The van der Waals surface area contributed by atoms with Crippen LogP contribution in [0.3, 0.4) is 0 Å². The van der Waals surface area contributed by atoms with E-state index in [9.17, 15) is 0 Å². The maximum absolute atomic E-state index is 5.84. The average Bonchev–Trinajstić information content (AvgIpc) is 2.34. The molecule has 0 spiro atoms. The lowest BCUT2D eigenvalue weighted by molar-refractivity contribution is 0.175. The van der Waals surface area contributed by atoms with Crippen LogP contribution in [0.25, 0.3) is 0 Å². The molecule has 0 heterocycles. The zero-order valence-corrected chi connectivity index (χ0v) is 9.81. The minimum absolute atomic E-state index is 0.00819. The highest BCUT2D eigenvalue weighted by atomic mass is 16.5. The molecule has 0 aliphatic carbocycles. The summed E-state index contributed by atoms with van der Waals surface area (Å²) in [4.78, 5) is 0. The maximum atomic E-state index is 5.84. The van der Waals surface area contributed by atoms with Crippen LogP contribution >= 0.6 is 0 Å². The van der Waals surface area contributed by atoms with Crippen LogP contribution in [0.1, 0.15) is 6.42 Å². The third-order valence-electron chi connectivity index (χ3n) is 2.20. The largest absolute Gasteiger partial charge is 0.497 e. The molecule has 2 N–H and O–H groups in total. The van der Waals surface area contributed by atoms with E-state index in [4.69, 9.17) is 19.9 Å². The highest BCUT2D eigenvalue weighted by Gasteiger charge is 2.03. The van der Waals surface area contributed by atoms with E-state index in [2.05, 4.69) is 0 Å². The Balaban J connectivity index is 2.35. The smallest absolute Gasteiger partial charge is 0.123 e. The van der Waals surface area contributed by atoms with Gasteiger partial charge in [0.15, 0.2) is 0 Å².